The van der Waals surface area contributed by atoms with Crippen molar-refractivity contribution in [3.05, 3.63) is 0 Å². The zero-order chi connectivity index (χ0) is 5.86. The van der Waals surface area contributed by atoms with Crippen LogP contribution in [0.4, 0.5) is 0 Å². The maximum absolute atomic E-state index is 10.1. The van der Waals surface area contributed by atoms with Crippen molar-refractivity contribution in [3.63, 3.8) is 0 Å². The van der Waals surface area contributed by atoms with Gasteiger partial charge in [0.1, 0.15) is 0 Å². The molecule has 0 spiro atoms. The molecule has 0 rings (SSSR count). The molecule has 0 saturated heterocycles. The first kappa shape index (κ1) is 6.86. The molecule has 0 aromatic carbocycles. The molecule has 0 aliphatic heterocycles. The maximum atomic E-state index is 10.1. The van der Waals surface area contributed by atoms with E-state index in [1.54, 1.807) is 6.92 Å². The van der Waals surface area contributed by atoms with E-state index in [-0.39, 0.29) is 5.78 Å². The molecule has 0 saturated carbocycles. The van der Waals surface area contributed by atoms with Crippen molar-refractivity contribution in [1.82, 2.24) is 0 Å². The van der Waals surface area contributed by atoms with Crippen LogP contribution in [0.2, 0.25) is 0 Å². The minimum atomic E-state index is -0.470. The van der Waals surface area contributed by atoms with Crippen LogP contribution in [-0.2, 0) is 9.59 Å². The second kappa shape index (κ2) is 2.94. The molecule has 0 aliphatic carbocycles. The summed E-state index contributed by atoms with van der Waals surface area (Å²) in [4.78, 5) is 20.1. The molecule has 0 heterocycles. The third-order valence-corrected chi connectivity index (χ3v) is 1.03. The van der Waals surface area contributed by atoms with Crippen molar-refractivity contribution in [2.45, 2.75) is 13.3 Å². The van der Waals surface area contributed by atoms with Crippen LogP contribution >= 0.6 is 0 Å². The molecular weight excluding hydrogens is 159 g/mol. The first-order valence-electron chi connectivity index (χ1n) is 1.92. The van der Waals surface area contributed by atoms with Crippen LogP contribution in [0.5, 0.6) is 0 Å². The number of carbonyl (C=O) groups is 2. The summed E-state index contributed by atoms with van der Waals surface area (Å²) in [6.45, 7) is 1.65. The molecule has 0 aliphatic rings. The van der Waals surface area contributed by atoms with E-state index in [2.05, 4.69) is 16.0 Å². The third-order valence-electron chi connectivity index (χ3n) is 0.549. The number of carbonyl (C=O) groups excluding carboxylic acids is 2. The van der Waals surface area contributed by atoms with Gasteiger partial charge in [0.15, 0.2) is 0 Å². The Balaban J connectivity index is 3.58. The third kappa shape index (κ3) is 2.54. The van der Waals surface area contributed by atoms with Crippen LogP contribution in [-0.4, -0.2) is 26.5 Å². The standard InChI is InChI=1S/C4H5O2Se/c1-2-3(5)4(6)7/h2H2,1H3. The molecule has 0 bridgehead atoms. The van der Waals surface area contributed by atoms with Crippen molar-refractivity contribution in [2.75, 3.05) is 0 Å². The summed E-state index contributed by atoms with van der Waals surface area (Å²) in [5.74, 6) is -0.347. The molecule has 3 heteroatoms. The van der Waals surface area contributed by atoms with Crippen molar-refractivity contribution >= 4 is 26.5 Å². The van der Waals surface area contributed by atoms with Gasteiger partial charge in [0.2, 0.25) is 0 Å². The summed E-state index contributed by atoms with van der Waals surface area (Å²) in [5, 5.41) is 0. The number of ketones is 1. The van der Waals surface area contributed by atoms with Crippen molar-refractivity contribution in [2.24, 2.45) is 0 Å². The second-order valence-electron chi connectivity index (χ2n) is 1.06. The van der Waals surface area contributed by atoms with Gasteiger partial charge in [-0.3, -0.25) is 0 Å². The fourth-order valence-electron chi connectivity index (χ4n) is 0.144. The Labute approximate surface area is 50.1 Å². The minimum absolute atomic E-state index is 0.297. The molecule has 39 valence electrons. The van der Waals surface area contributed by atoms with E-state index in [9.17, 15) is 9.59 Å². The normalized spacial score (nSPS) is 8.14. The van der Waals surface area contributed by atoms with E-state index < -0.39 is 4.68 Å². The Bertz CT molecular complexity index is 97.9. The zero-order valence-electron chi connectivity index (χ0n) is 3.93. The molecule has 2 nitrogen and oxygen atoms in total. The summed E-state index contributed by atoms with van der Waals surface area (Å²) in [5.41, 5.74) is 0. The van der Waals surface area contributed by atoms with E-state index >= 15 is 0 Å². The quantitative estimate of drug-likeness (QED) is 0.413. The Hall–Kier alpha value is -0.141. The van der Waals surface area contributed by atoms with E-state index in [0.29, 0.717) is 6.42 Å². The fourth-order valence-corrected chi connectivity index (χ4v) is 0.447. The molecule has 0 fully saturated rings. The first-order chi connectivity index (χ1) is 3.18. The van der Waals surface area contributed by atoms with E-state index in [1.165, 1.54) is 0 Å². The van der Waals surface area contributed by atoms with E-state index in [4.69, 9.17) is 0 Å². The van der Waals surface area contributed by atoms with Crippen molar-refractivity contribution < 1.29 is 9.59 Å². The van der Waals surface area contributed by atoms with E-state index in [0.717, 1.165) is 0 Å². The van der Waals surface area contributed by atoms with Crippen LogP contribution < -0.4 is 0 Å². The van der Waals surface area contributed by atoms with Crippen LogP contribution in [0.3, 0.4) is 0 Å². The van der Waals surface area contributed by atoms with Crippen LogP contribution in [0.1, 0.15) is 13.3 Å². The van der Waals surface area contributed by atoms with Crippen molar-refractivity contribution in [1.29, 1.82) is 0 Å². The Morgan fingerprint density at radius 1 is 1.57 bits per heavy atom. The van der Waals surface area contributed by atoms with E-state index in [1.807, 2.05) is 0 Å². The number of hydrogen-bond donors (Lipinski definition) is 0. The molecule has 0 aromatic heterocycles. The predicted molar refractivity (Wildman–Crippen MR) is 26.1 cm³/mol. The average molecular weight is 164 g/mol. The summed E-state index contributed by atoms with van der Waals surface area (Å²) < 4.78 is -0.470. The van der Waals surface area contributed by atoms with Gasteiger partial charge in [0.05, 0.1) is 0 Å². The summed E-state index contributed by atoms with van der Waals surface area (Å²) in [7, 11) is 0. The van der Waals surface area contributed by atoms with Gasteiger partial charge in [0, 0.05) is 0 Å². The number of Topliss-reactive ketones (excluding diaryl/α,β-unsaturated/α-hetero) is 1. The molecular formula is C4H5O2Se. The van der Waals surface area contributed by atoms with Gasteiger partial charge < -0.3 is 0 Å². The second-order valence-corrected chi connectivity index (χ2v) is 1.84. The van der Waals surface area contributed by atoms with Gasteiger partial charge in [-0.2, -0.15) is 0 Å². The van der Waals surface area contributed by atoms with Gasteiger partial charge in [-0.25, -0.2) is 0 Å². The van der Waals surface area contributed by atoms with Gasteiger partial charge in [0.25, 0.3) is 0 Å². The zero-order valence-corrected chi connectivity index (χ0v) is 5.64. The average Bonchev–Trinajstić information content (AvgIpc) is 1.65. The van der Waals surface area contributed by atoms with Crippen LogP contribution in [0, 0.1) is 0 Å². The van der Waals surface area contributed by atoms with Gasteiger partial charge in [-0.1, -0.05) is 0 Å². The summed E-state index contributed by atoms with van der Waals surface area (Å²) >= 11 is 2.10. The summed E-state index contributed by atoms with van der Waals surface area (Å²) in [6.07, 6.45) is 0.297. The number of rotatable bonds is 2. The van der Waals surface area contributed by atoms with Gasteiger partial charge in [-0.05, 0) is 0 Å². The van der Waals surface area contributed by atoms with Gasteiger partial charge in [-0.15, -0.1) is 0 Å². The Kier molecular flexibility index (Phi) is 2.88. The number of hydrogen-bond acceptors (Lipinski definition) is 2. The molecule has 1 radical (unpaired) electrons. The summed E-state index contributed by atoms with van der Waals surface area (Å²) in [6, 6.07) is 0. The first-order valence-corrected chi connectivity index (χ1v) is 2.78. The topological polar surface area (TPSA) is 34.1 Å². The molecule has 0 atom stereocenters. The predicted octanol–water partition coefficient (Wildman–Crippen LogP) is -0.339. The molecule has 0 unspecified atom stereocenters. The van der Waals surface area contributed by atoms with Crippen LogP contribution in [0.15, 0.2) is 0 Å². The fraction of sp³-hybridized carbons (Fsp3) is 0.500. The molecule has 7 heavy (non-hydrogen) atoms. The Morgan fingerprint density at radius 3 is 2.00 bits per heavy atom. The van der Waals surface area contributed by atoms with Crippen molar-refractivity contribution in [3.8, 4) is 0 Å². The molecule has 0 aromatic rings. The molecule has 0 amide bonds. The SMILES string of the molecule is CCC(=O)C(=O)[Se]. The monoisotopic (exact) mass is 165 g/mol. The Morgan fingerprint density at radius 2 is 2.00 bits per heavy atom. The van der Waals surface area contributed by atoms with Gasteiger partial charge >= 0.3 is 49.4 Å². The molecule has 0 N–H and O–H groups in total. The van der Waals surface area contributed by atoms with Crippen LogP contribution in [0.25, 0.3) is 0 Å².